The Kier molecular flexibility index (Phi) is 5.30. The minimum atomic E-state index is -0.228. The highest BCUT2D eigenvalue weighted by atomic mass is 35.5. The molecular formula is C8H13ClN2O2. The molecule has 1 rings (SSSR count). The van der Waals surface area contributed by atoms with Crippen LogP contribution in [0.15, 0.2) is 9.98 Å². The van der Waals surface area contributed by atoms with Gasteiger partial charge in [0.05, 0.1) is 25.6 Å². The fourth-order valence-electron chi connectivity index (χ4n) is 1.04. The Hall–Kier alpha value is -0.900. The van der Waals surface area contributed by atoms with Crippen molar-refractivity contribution < 1.29 is 9.53 Å². The molecule has 0 aromatic carbocycles. The average molecular weight is 205 g/mol. The topological polar surface area (TPSA) is 51.0 Å². The van der Waals surface area contributed by atoms with E-state index in [0.29, 0.717) is 6.54 Å². The standard InChI is InChI=1S/C8H12N2O2.ClH/c1-6(8(11)12-2)7-5-9-3-4-10-7;/h3-4,6-7H,5H2,1-2H3;1H. The molecular weight excluding hydrogens is 192 g/mol. The SMILES string of the molecule is COC(=O)C(C)C1CN=CC=N1.Cl. The molecule has 0 saturated carbocycles. The molecule has 1 heterocycles. The second kappa shape index (κ2) is 5.70. The van der Waals surface area contributed by atoms with Gasteiger partial charge in [-0.25, -0.2) is 0 Å². The van der Waals surface area contributed by atoms with Crippen molar-refractivity contribution >= 4 is 30.8 Å². The lowest BCUT2D eigenvalue weighted by Crippen LogP contribution is -2.29. The van der Waals surface area contributed by atoms with E-state index < -0.39 is 0 Å². The van der Waals surface area contributed by atoms with Crippen LogP contribution in [0.5, 0.6) is 0 Å². The number of aliphatic imine (C=N–C) groups is 2. The van der Waals surface area contributed by atoms with Gasteiger partial charge in [0.15, 0.2) is 0 Å². The minimum Gasteiger partial charge on any atom is -0.469 e. The van der Waals surface area contributed by atoms with Crippen molar-refractivity contribution in [2.75, 3.05) is 13.7 Å². The van der Waals surface area contributed by atoms with Crippen LogP contribution < -0.4 is 0 Å². The van der Waals surface area contributed by atoms with Gasteiger partial charge in [-0.15, -0.1) is 12.4 Å². The van der Waals surface area contributed by atoms with Crippen LogP contribution in [0.3, 0.4) is 0 Å². The molecule has 0 aliphatic carbocycles. The number of carbonyl (C=O) groups excluding carboxylic acids is 1. The molecule has 0 saturated heterocycles. The maximum atomic E-state index is 11.1. The van der Waals surface area contributed by atoms with E-state index in [9.17, 15) is 4.79 Å². The molecule has 5 heteroatoms. The van der Waals surface area contributed by atoms with Crippen LogP contribution in [0, 0.1) is 5.92 Å². The summed E-state index contributed by atoms with van der Waals surface area (Å²) in [6.45, 7) is 2.38. The maximum Gasteiger partial charge on any atom is 0.310 e. The molecule has 1 aliphatic heterocycles. The molecule has 74 valence electrons. The van der Waals surface area contributed by atoms with Crippen molar-refractivity contribution in [3.05, 3.63) is 0 Å². The first kappa shape index (κ1) is 12.1. The highest BCUT2D eigenvalue weighted by molar-refractivity contribution is 6.16. The monoisotopic (exact) mass is 204 g/mol. The summed E-state index contributed by atoms with van der Waals surface area (Å²) in [5, 5.41) is 0. The van der Waals surface area contributed by atoms with Gasteiger partial charge < -0.3 is 4.74 Å². The molecule has 1 aliphatic rings. The van der Waals surface area contributed by atoms with Gasteiger partial charge in [0.1, 0.15) is 0 Å². The first-order chi connectivity index (χ1) is 5.75. The third kappa shape index (κ3) is 3.14. The van der Waals surface area contributed by atoms with Gasteiger partial charge >= 0.3 is 5.97 Å². The van der Waals surface area contributed by atoms with Crippen LogP contribution in [0.1, 0.15) is 6.92 Å². The zero-order chi connectivity index (χ0) is 8.97. The van der Waals surface area contributed by atoms with Gasteiger partial charge in [-0.05, 0) is 6.92 Å². The second-order valence-corrected chi connectivity index (χ2v) is 2.69. The van der Waals surface area contributed by atoms with E-state index in [2.05, 4.69) is 14.7 Å². The summed E-state index contributed by atoms with van der Waals surface area (Å²) in [6, 6.07) is -0.0533. The summed E-state index contributed by atoms with van der Waals surface area (Å²) < 4.78 is 4.60. The number of hydrogen-bond donors (Lipinski definition) is 0. The molecule has 0 bridgehead atoms. The zero-order valence-corrected chi connectivity index (χ0v) is 8.45. The number of halogens is 1. The van der Waals surface area contributed by atoms with E-state index in [4.69, 9.17) is 0 Å². The number of carbonyl (C=O) groups is 1. The quantitative estimate of drug-likeness (QED) is 0.623. The average Bonchev–Trinajstić information content (AvgIpc) is 2.17. The van der Waals surface area contributed by atoms with Gasteiger partial charge in [-0.2, -0.15) is 0 Å². The molecule has 0 aromatic heterocycles. The Labute approximate surface area is 83.5 Å². The smallest absolute Gasteiger partial charge is 0.310 e. The predicted octanol–water partition coefficient (Wildman–Crippen LogP) is 0.741. The fraction of sp³-hybridized carbons (Fsp3) is 0.625. The van der Waals surface area contributed by atoms with E-state index in [1.807, 2.05) is 0 Å². The third-order valence-electron chi connectivity index (χ3n) is 1.89. The van der Waals surface area contributed by atoms with Gasteiger partial charge in [0, 0.05) is 12.4 Å². The van der Waals surface area contributed by atoms with Gasteiger partial charge in [-0.3, -0.25) is 14.8 Å². The van der Waals surface area contributed by atoms with Crippen molar-refractivity contribution in [1.82, 2.24) is 0 Å². The molecule has 13 heavy (non-hydrogen) atoms. The first-order valence-electron chi connectivity index (χ1n) is 3.85. The normalized spacial score (nSPS) is 21.8. The third-order valence-corrected chi connectivity index (χ3v) is 1.89. The molecule has 0 amide bonds. The number of methoxy groups -OCH3 is 1. The largest absolute Gasteiger partial charge is 0.469 e. The van der Waals surface area contributed by atoms with E-state index in [-0.39, 0.29) is 30.3 Å². The van der Waals surface area contributed by atoms with Gasteiger partial charge in [-0.1, -0.05) is 0 Å². The van der Waals surface area contributed by atoms with Crippen molar-refractivity contribution in [3.63, 3.8) is 0 Å². The molecule has 2 atom stereocenters. The summed E-state index contributed by atoms with van der Waals surface area (Å²) >= 11 is 0. The van der Waals surface area contributed by atoms with Gasteiger partial charge in [0.2, 0.25) is 0 Å². The van der Waals surface area contributed by atoms with Crippen molar-refractivity contribution in [2.24, 2.45) is 15.9 Å². The Morgan fingerprint density at radius 3 is 2.77 bits per heavy atom. The first-order valence-corrected chi connectivity index (χ1v) is 3.85. The Balaban J connectivity index is 0.00000144. The predicted molar refractivity (Wildman–Crippen MR) is 54.1 cm³/mol. The minimum absolute atomic E-state index is 0. The lowest BCUT2D eigenvalue weighted by atomic mass is 10.0. The summed E-state index contributed by atoms with van der Waals surface area (Å²) in [5.74, 6) is -0.432. The Morgan fingerprint density at radius 2 is 2.31 bits per heavy atom. The van der Waals surface area contributed by atoms with Crippen LogP contribution in [0.2, 0.25) is 0 Å². The molecule has 0 fully saturated rings. The number of ether oxygens (including phenoxy) is 1. The molecule has 2 unspecified atom stereocenters. The summed E-state index contributed by atoms with van der Waals surface area (Å²) in [5.41, 5.74) is 0. The molecule has 0 spiro atoms. The highest BCUT2D eigenvalue weighted by Crippen LogP contribution is 2.10. The molecule has 0 aromatic rings. The number of nitrogens with zero attached hydrogens (tertiary/aromatic N) is 2. The molecule has 0 radical (unpaired) electrons. The second-order valence-electron chi connectivity index (χ2n) is 2.69. The van der Waals surface area contributed by atoms with E-state index in [1.54, 1.807) is 19.4 Å². The molecule has 4 nitrogen and oxygen atoms in total. The van der Waals surface area contributed by atoms with Gasteiger partial charge in [0.25, 0.3) is 0 Å². The van der Waals surface area contributed by atoms with Crippen LogP contribution in [-0.2, 0) is 9.53 Å². The Morgan fingerprint density at radius 1 is 1.62 bits per heavy atom. The number of esters is 1. The van der Waals surface area contributed by atoms with Crippen LogP contribution in [0.4, 0.5) is 0 Å². The number of hydrogen-bond acceptors (Lipinski definition) is 4. The summed E-state index contributed by atoms with van der Waals surface area (Å²) in [6.07, 6.45) is 3.26. The lowest BCUT2D eigenvalue weighted by molar-refractivity contribution is -0.145. The summed E-state index contributed by atoms with van der Waals surface area (Å²) in [7, 11) is 1.38. The van der Waals surface area contributed by atoms with Crippen LogP contribution in [0.25, 0.3) is 0 Å². The lowest BCUT2D eigenvalue weighted by Gasteiger charge is -2.17. The van der Waals surface area contributed by atoms with Crippen molar-refractivity contribution in [2.45, 2.75) is 13.0 Å². The van der Waals surface area contributed by atoms with E-state index >= 15 is 0 Å². The Bertz CT molecular complexity index is 228. The molecule has 0 N–H and O–H groups in total. The fourth-order valence-corrected chi connectivity index (χ4v) is 1.04. The highest BCUT2D eigenvalue weighted by Gasteiger charge is 2.23. The van der Waals surface area contributed by atoms with Crippen LogP contribution >= 0.6 is 12.4 Å². The van der Waals surface area contributed by atoms with Crippen molar-refractivity contribution in [3.8, 4) is 0 Å². The van der Waals surface area contributed by atoms with Crippen LogP contribution in [-0.4, -0.2) is 38.1 Å². The van der Waals surface area contributed by atoms with E-state index in [0.717, 1.165) is 0 Å². The number of rotatable bonds is 2. The zero-order valence-electron chi connectivity index (χ0n) is 7.64. The summed E-state index contributed by atoms with van der Waals surface area (Å²) in [4.78, 5) is 19.2. The maximum absolute atomic E-state index is 11.1. The van der Waals surface area contributed by atoms with E-state index in [1.165, 1.54) is 7.11 Å². The van der Waals surface area contributed by atoms with Crippen molar-refractivity contribution in [1.29, 1.82) is 0 Å².